The Morgan fingerprint density at radius 1 is 1.08 bits per heavy atom. The minimum absolute atomic E-state index is 0.0246. The Hall–Kier alpha value is -1.72. The standard InChI is InChI=1S/C6H6N2O4/c1-2-8-5(11)3(9)7-4(10)6(8)12/h2H2,1H3,(H,7,9,10). The number of hydrogen-bond acceptors (Lipinski definition) is 4. The van der Waals surface area contributed by atoms with Crippen molar-refractivity contribution in [3.8, 4) is 0 Å². The van der Waals surface area contributed by atoms with Gasteiger partial charge in [0.05, 0.1) is 0 Å². The molecule has 1 aliphatic heterocycles. The van der Waals surface area contributed by atoms with E-state index in [0.29, 0.717) is 4.90 Å². The highest BCUT2D eigenvalue weighted by Gasteiger charge is 2.37. The maximum absolute atomic E-state index is 10.9. The molecule has 0 aromatic rings. The molecule has 1 heterocycles. The van der Waals surface area contributed by atoms with Crippen LogP contribution < -0.4 is 5.32 Å². The van der Waals surface area contributed by atoms with Crippen LogP contribution in [0.3, 0.4) is 0 Å². The molecule has 12 heavy (non-hydrogen) atoms. The van der Waals surface area contributed by atoms with Crippen molar-refractivity contribution in [2.45, 2.75) is 6.92 Å². The van der Waals surface area contributed by atoms with E-state index in [4.69, 9.17) is 0 Å². The fraction of sp³-hybridized carbons (Fsp3) is 0.333. The molecule has 0 bridgehead atoms. The second-order valence-corrected chi connectivity index (χ2v) is 2.14. The lowest BCUT2D eigenvalue weighted by Gasteiger charge is -2.21. The van der Waals surface area contributed by atoms with Gasteiger partial charge in [0.2, 0.25) is 0 Å². The van der Waals surface area contributed by atoms with Crippen LogP contribution in [0.5, 0.6) is 0 Å². The first kappa shape index (κ1) is 8.38. The molecule has 0 unspecified atom stereocenters. The summed E-state index contributed by atoms with van der Waals surface area (Å²) in [6.45, 7) is 1.53. The van der Waals surface area contributed by atoms with Gasteiger partial charge in [-0.15, -0.1) is 0 Å². The molecule has 0 aromatic heterocycles. The normalized spacial score (nSPS) is 18.2. The summed E-state index contributed by atoms with van der Waals surface area (Å²) < 4.78 is 0. The highest BCUT2D eigenvalue weighted by atomic mass is 16.2. The molecule has 1 fully saturated rings. The molecule has 0 atom stereocenters. The van der Waals surface area contributed by atoms with Crippen LogP contribution in [0.1, 0.15) is 6.92 Å². The monoisotopic (exact) mass is 170 g/mol. The van der Waals surface area contributed by atoms with E-state index in [1.165, 1.54) is 6.92 Å². The number of nitrogens with zero attached hydrogens (tertiary/aromatic N) is 1. The summed E-state index contributed by atoms with van der Waals surface area (Å²) in [5, 5.41) is 1.62. The molecule has 0 spiro atoms. The number of likely N-dealkylation sites (N-methyl/N-ethyl adjacent to an activating group) is 1. The number of amides is 4. The first-order valence-corrected chi connectivity index (χ1v) is 3.29. The molecule has 4 amide bonds. The molecule has 1 saturated heterocycles. The first-order valence-electron chi connectivity index (χ1n) is 3.29. The van der Waals surface area contributed by atoms with E-state index < -0.39 is 23.6 Å². The predicted molar refractivity (Wildman–Crippen MR) is 35.5 cm³/mol. The van der Waals surface area contributed by atoms with E-state index in [9.17, 15) is 19.2 Å². The topological polar surface area (TPSA) is 83.6 Å². The second kappa shape index (κ2) is 2.72. The highest BCUT2D eigenvalue weighted by Crippen LogP contribution is 1.97. The molecule has 6 heteroatoms. The van der Waals surface area contributed by atoms with E-state index in [1.807, 2.05) is 0 Å². The third-order valence-corrected chi connectivity index (χ3v) is 1.42. The lowest BCUT2D eigenvalue weighted by Crippen LogP contribution is -2.58. The summed E-state index contributed by atoms with van der Waals surface area (Å²) in [6.07, 6.45) is 0. The van der Waals surface area contributed by atoms with Gasteiger partial charge < -0.3 is 0 Å². The van der Waals surface area contributed by atoms with E-state index in [2.05, 4.69) is 0 Å². The van der Waals surface area contributed by atoms with Gasteiger partial charge in [0.15, 0.2) is 0 Å². The molecule has 0 aromatic carbocycles. The first-order chi connectivity index (χ1) is 5.57. The van der Waals surface area contributed by atoms with Crippen LogP contribution in [0.2, 0.25) is 0 Å². The van der Waals surface area contributed by atoms with Crippen LogP contribution in [-0.4, -0.2) is 35.1 Å². The fourth-order valence-electron chi connectivity index (χ4n) is 0.835. The molecule has 1 aliphatic rings. The van der Waals surface area contributed by atoms with Crippen molar-refractivity contribution >= 4 is 23.6 Å². The zero-order chi connectivity index (χ0) is 9.30. The highest BCUT2D eigenvalue weighted by molar-refractivity contribution is 6.54. The molecule has 0 saturated carbocycles. The minimum Gasteiger partial charge on any atom is -0.280 e. The van der Waals surface area contributed by atoms with Gasteiger partial charge in [0.25, 0.3) is 0 Å². The maximum atomic E-state index is 10.9. The van der Waals surface area contributed by atoms with Crippen LogP contribution in [-0.2, 0) is 19.2 Å². The summed E-state index contributed by atoms with van der Waals surface area (Å²) in [5.41, 5.74) is 0. The van der Waals surface area contributed by atoms with Crippen molar-refractivity contribution in [3.05, 3.63) is 0 Å². The Morgan fingerprint density at radius 3 is 1.83 bits per heavy atom. The Balaban J connectivity index is 2.96. The van der Waals surface area contributed by atoms with Gasteiger partial charge in [0.1, 0.15) is 0 Å². The van der Waals surface area contributed by atoms with Crippen molar-refractivity contribution in [3.63, 3.8) is 0 Å². The Morgan fingerprint density at radius 2 is 1.50 bits per heavy atom. The van der Waals surface area contributed by atoms with Gasteiger partial charge in [0, 0.05) is 6.54 Å². The molecule has 1 N–H and O–H groups in total. The third kappa shape index (κ3) is 1.07. The average Bonchev–Trinajstić information content (AvgIpc) is 2.02. The van der Waals surface area contributed by atoms with Gasteiger partial charge in [-0.1, -0.05) is 0 Å². The van der Waals surface area contributed by atoms with Crippen LogP contribution >= 0.6 is 0 Å². The Labute approximate surface area is 67.5 Å². The fourth-order valence-corrected chi connectivity index (χ4v) is 0.835. The van der Waals surface area contributed by atoms with Gasteiger partial charge in [-0.2, -0.15) is 0 Å². The summed E-state index contributed by atoms with van der Waals surface area (Å²) in [7, 11) is 0. The quantitative estimate of drug-likeness (QED) is 0.365. The van der Waals surface area contributed by atoms with Gasteiger partial charge in [-0.05, 0) is 6.92 Å². The van der Waals surface area contributed by atoms with Crippen molar-refractivity contribution < 1.29 is 19.2 Å². The predicted octanol–water partition coefficient (Wildman–Crippen LogP) is -1.98. The van der Waals surface area contributed by atoms with Crippen molar-refractivity contribution in [2.75, 3.05) is 6.54 Å². The summed E-state index contributed by atoms with van der Waals surface area (Å²) in [4.78, 5) is 43.6. The Bertz CT molecular complexity index is 257. The van der Waals surface area contributed by atoms with Crippen LogP contribution in [0.4, 0.5) is 0 Å². The van der Waals surface area contributed by atoms with E-state index in [0.717, 1.165) is 0 Å². The van der Waals surface area contributed by atoms with E-state index in [-0.39, 0.29) is 6.54 Å². The zero-order valence-electron chi connectivity index (χ0n) is 6.29. The van der Waals surface area contributed by atoms with Crippen LogP contribution in [0.25, 0.3) is 0 Å². The smallest absolute Gasteiger partial charge is 0.280 e. The van der Waals surface area contributed by atoms with Crippen LogP contribution in [0.15, 0.2) is 0 Å². The largest absolute Gasteiger partial charge is 0.319 e. The molecule has 0 radical (unpaired) electrons. The maximum Gasteiger partial charge on any atom is 0.319 e. The molecule has 0 aliphatic carbocycles. The zero-order valence-corrected chi connectivity index (χ0v) is 6.29. The van der Waals surface area contributed by atoms with Gasteiger partial charge in [-0.25, -0.2) is 0 Å². The number of hydrogen-bond donors (Lipinski definition) is 1. The number of carbonyl (C=O) groups is 4. The van der Waals surface area contributed by atoms with E-state index in [1.54, 1.807) is 5.32 Å². The minimum atomic E-state index is -1.05. The average molecular weight is 170 g/mol. The van der Waals surface area contributed by atoms with Crippen LogP contribution in [0, 0.1) is 0 Å². The van der Waals surface area contributed by atoms with E-state index >= 15 is 0 Å². The van der Waals surface area contributed by atoms with Gasteiger partial charge in [-0.3, -0.25) is 29.4 Å². The number of piperazine rings is 1. The Kier molecular flexibility index (Phi) is 1.90. The number of imide groups is 2. The third-order valence-electron chi connectivity index (χ3n) is 1.42. The molecule has 64 valence electrons. The summed E-state index contributed by atoms with van der Waals surface area (Å²) in [6, 6.07) is 0. The molecule has 6 nitrogen and oxygen atoms in total. The SMILES string of the molecule is CCN1C(=O)C(=O)NC(=O)C1=O. The molecular weight excluding hydrogens is 164 g/mol. The molecule has 1 rings (SSSR count). The molecular formula is C6H6N2O4. The van der Waals surface area contributed by atoms with Crippen molar-refractivity contribution in [2.24, 2.45) is 0 Å². The number of carbonyl (C=O) groups excluding carboxylic acids is 4. The lowest BCUT2D eigenvalue weighted by molar-refractivity contribution is -0.162. The summed E-state index contributed by atoms with van der Waals surface area (Å²) >= 11 is 0. The van der Waals surface area contributed by atoms with Gasteiger partial charge >= 0.3 is 23.6 Å². The van der Waals surface area contributed by atoms with Crippen molar-refractivity contribution in [1.29, 1.82) is 0 Å². The summed E-state index contributed by atoms with van der Waals surface area (Å²) in [5.74, 6) is -4.08. The lowest BCUT2D eigenvalue weighted by atomic mass is 10.3. The number of rotatable bonds is 1. The second-order valence-electron chi connectivity index (χ2n) is 2.14. The number of nitrogens with one attached hydrogen (secondary N) is 1. The van der Waals surface area contributed by atoms with Crippen molar-refractivity contribution in [1.82, 2.24) is 10.2 Å².